The Bertz CT molecular complexity index is 712. The largest absolute Gasteiger partial charge is 0.492 e. The lowest BCUT2D eigenvalue weighted by Gasteiger charge is -2.34. The first-order chi connectivity index (χ1) is 12.4. The molecule has 0 spiro atoms. The van der Waals surface area contributed by atoms with E-state index in [2.05, 4.69) is 9.12 Å². The third kappa shape index (κ3) is 4.21. The molecule has 3 rings (SSSR count). The van der Waals surface area contributed by atoms with E-state index in [0.29, 0.717) is 36.7 Å². The van der Waals surface area contributed by atoms with Crippen LogP contribution in [0.4, 0.5) is 5.69 Å². The van der Waals surface area contributed by atoms with Gasteiger partial charge in [-0.2, -0.15) is 0 Å². The molecule has 6 N–H and O–H groups in total. The van der Waals surface area contributed by atoms with Crippen molar-refractivity contribution < 1.29 is 23.7 Å². The number of fused-ring (bicyclic) bond motifs is 1. The van der Waals surface area contributed by atoms with Gasteiger partial charge in [0.05, 0.1) is 24.5 Å². The number of anilines is 1. The number of hydrogen-bond acceptors (Lipinski definition) is 8. The number of ether oxygens (including phenoxy) is 1. The fourth-order valence-corrected chi connectivity index (χ4v) is 4.12. The van der Waals surface area contributed by atoms with Gasteiger partial charge in [0.1, 0.15) is 5.75 Å². The van der Waals surface area contributed by atoms with Crippen molar-refractivity contribution in [1.29, 1.82) is 0 Å². The van der Waals surface area contributed by atoms with Crippen molar-refractivity contribution in [1.82, 2.24) is 4.90 Å². The Labute approximate surface area is 153 Å². The molecule has 2 aliphatic rings. The number of nitrogens with one attached hydrogen (secondary N) is 1. The van der Waals surface area contributed by atoms with E-state index in [1.165, 1.54) is 0 Å². The van der Waals surface area contributed by atoms with Crippen LogP contribution in [-0.4, -0.2) is 57.2 Å². The number of hydrogen-bond donors (Lipinski definition) is 5. The summed E-state index contributed by atoms with van der Waals surface area (Å²) >= 11 is 0. The molecule has 0 bridgehead atoms. The minimum Gasteiger partial charge on any atom is -0.492 e. The number of carbonyl (C=O) groups is 1. The molecule has 2 heterocycles. The smallest absolute Gasteiger partial charge is 0.224 e. The van der Waals surface area contributed by atoms with Gasteiger partial charge < -0.3 is 20.5 Å². The Balaban J connectivity index is 1.67. The third-order valence-electron chi connectivity index (χ3n) is 4.43. The van der Waals surface area contributed by atoms with Crippen LogP contribution in [0.25, 0.3) is 0 Å². The van der Waals surface area contributed by atoms with E-state index in [1.54, 1.807) is 23.1 Å². The maximum atomic E-state index is 12.0. The highest BCUT2D eigenvalue weighted by atomic mass is 32.3. The van der Waals surface area contributed by atoms with Gasteiger partial charge in [-0.05, 0) is 35.9 Å². The summed E-state index contributed by atoms with van der Waals surface area (Å²) in [6.45, 7) is 1.56. The zero-order valence-electron chi connectivity index (χ0n) is 14.3. The van der Waals surface area contributed by atoms with Crippen LogP contribution < -0.4 is 15.2 Å². The lowest BCUT2D eigenvalue weighted by Crippen LogP contribution is -2.41. The van der Waals surface area contributed by atoms with Crippen LogP contribution in [0.1, 0.15) is 24.8 Å². The quantitative estimate of drug-likeness (QED) is 0.517. The number of aliphatic hydroxyl groups excluding tert-OH is 1. The van der Waals surface area contributed by atoms with Crippen molar-refractivity contribution in [3.63, 3.8) is 0 Å². The molecule has 1 saturated heterocycles. The molecule has 0 aliphatic carbocycles. The van der Waals surface area contributed by atoms with Gasteiger partial charge in [-0.1, -0.05) is 6.07 Å². The van der Waals surface area contributed by atoms with Crippen LogP contribution >= 0.6 is 11.0 Å². The summed E-state index contributed by atoms with van der Waals surface area (Å²) in [7, 11) is -3.33. The Morgan fingerprint density at radius 3 is 3.04 bits per heavy atom. The van der Waals surface area contributed by atoms with Gasteiger partial charge in [0.25, 0.3) is 0 Å². The Kier molecular flexibility index (Phi) is 5.56. The number of benzene rings is 1. The van der Waals surface area contributed by atoms with Gasteiger partial charge in [-0.3, -0.25) is 18.6 Å². The minimum atomic E-state index is -3.33. The first kappa shape index (κ1) is 18.8. The van der Waals surface area contributed by atoms with Crippen molar-refractivity contribution in [2.45, 2.75) is 19.3 Å². The standard InChI is InChI=1S/C16H24N4O5S/c17-16-15-12(18-26(23,24)19-16)4-1-5-13(15)25-10-11-3-2-7-20(9-11)14(22)6-8-21/h1,4-5,11,18,21,23-24H,2-3,6-10H2,(H2,17,19). The predicted octanol–water partition coefficient (Wildman–Crippen LogP) is 1.40. The number of amides is 1. The highest BCUT2D eigenvalue weighted by molar-refractivity contribution is 8.24. The summed E-state index contributed by atoms with van der Waals surface area (Å²) in [6.07, 6.45) is 1.98. The van der Waals surface area contributed by atoms with E-state index in [4.69, 9.17) is 15.6 Å². The number of nitrogens with zero attached hydrogens (tertiary/aromatic N) is 2. The maximum absolute atomic E-state index is 12.0. The Morgan fingerprint density at radius 1 is 1.46 bits per heavy atom. The van der Waals surface area contributed by atoms with Gasteiger partial charge in [-0.25, -0.2) is 0 Å². The Hall–Kier alpha value is -2.01. The van der Waals surface area contributed by atoms with Crippen molar-refractivity contribution in [2.24, 2.45) is 16.0 Å². The van der Waals surface area contributed by atoms with Crippen molar-refractivity contribution in [3.8, 4) is 5.75 Å². The van der Waals surface area contributed by atoms with E-state index in [1.807, 2.05) is 0 Å². The number of nitrogens with two attached hydrogens (primary N) is 1. The van der Waals surface area contributed by atoms with Crippen molar-refractivity contribution in [2.75, 3.05) is 31.0 Å². The zero-order valence-corrected chi connectivity index (χ0v) is 15.1. The van der Waals surface area contributed by atoms with Gasteiger partial charge in [0, 0.05) is 25.4 Å². The number of rotatable bonds is 5. The normalized spacial score (nSPS) is 22.7. The van der Waals surface area contributed by atoms with Crippen LogP contribution in [0.2, 0.25) is 0 Å². The highest BCUT2D eigenvalue weighted by Gasteiger charge is 2.27. The van der Waals surface area contributed by atoms with Crippen LogP contribution in [-0.2, 0) is 4.79 Å². The van der Waals surface area contributed by atoms with Crippen molar-refractivity contribution >= 4 is 28.4 Å². The summed E-state index contributed by atoms with van der Waals surface area (Å²) < 4.78 is 31.6. The van der Waals surface area contributed by atoms with E-state index in [9.17, 15) is 13.9 Å². The lowest BCUT2D eigenvalue weighted by atomic mass is 9.98. The van der Waals surface area contributed by atoms with E-state index in [-0.39, 0.29) is 30.7 Å². The van der Waals surface area contributed by atoms with Crippen LogP contribution in [0.3, 0.4) is 0 Å². The average Bonchev–Trinajstić information content (AvgIpc) is 2.59. The summed E-state index contributed by atoms with van der Waals surface area (Å²) in [5.41, 5.74) is 6.84. The molecule has 2 aliphatic heterocycles. The van der Waals surface area contributed by atoms with E-state index in [0.717, 1.165) is 12.8 Å². The molecule has 9 nitrogen and oxygen atoms in total. The average molecular weight is 384 g/mol. The SMILES string of the molecule is NC1=NS(O)(O)Nc2cccc(OCC3CCCN(C(=O)CCO)C3)c21. The fraction of sp³-hybridized carbons (Fsp3) is 0.500. The summed E-state index contributed by atoms with van der Waals surface area (Å²) in [5, 5.41) is 8.92. The minimum absolute atomic E-state index is 0.0118. The summed E-state index contributed by atoms with van der Waals surface area (Å²) in [5.74, 6) is 0.653. The second-order valence-electron chi connectivity index (χ2n) is 6.41. The number of aliphatic hydroxyl groups is 1. The number of carbonyl (C=O) groups excluding carboxylic acids is 1. The molecule has 26 heavy (non-hydrogen) atoms. The molecule has 1 atom stereocenters. The fourth-order valence-electron chi connectivity index (χ4n) is 3.24. The maximum Gasteiger partial charge on any atom is 0.224 e. The number of likely N-dealkylation sites (tertiary alicyclic amines) is 1. The lowest BCUT2D eigenvalue weighted by molar-refractivity contribution is -0.133. The molecule has 1 fully saturated rings. The van der Waals surface area contributed by atoms with Crippen LogP contribution in [0.15, 0.2) is 22.6 Å². The third-order valence-corrected chi connectivity index (χ3v) is 5.37. The highest BCUT2D eigenvalue weighted by Crippen LogP contribution is 2.46. The van der Waals surface area contributed by atoms with Gasteiger partial charge in [-0.15, -0.1) is 4.40 Å². The second kappa shape index (κ2) is 7.70. The monoisotopic (exact) mass is 384 g/mol. The van der Waals surface area contributed by atoms with Crippen LogP contribution in [0, 0.1) is 5.92 Å². The first-order valence-corrected chi connectivity index (χ1v) is 9.96. The molecule has 1 unspecified atom stereocenters. The van der Waals surface area contributed by atoms with Gasteiger partial charge >= 0.3 is 0 Å². The molecule has 1 aromatic rings. The van der Waals surface area contributed by atoms with Gasteiger partial charge in [0.2, 0.25) is 5.91 Å². The van der Waals surface area contributed by atoms with Gasteiger partial charge in [0.15, 0.2) is 5.84 Å². The Morgan fingerprint density at radius 2 is 2.27 bits per heavy atom. The molecule has 1 aromatic carbocycles. The molecule has 1 amide bonds. The number of amidine groups is 1. The van der Waals surface area contributed by atoms with Crippen molar-refractivity contribution in [3.05, 3.63) is 23.8 Å². The molecule has 0 aromatic heterocycles. The molecule has 144 valence electrons. The molecule has 0 radical (unpaired) electrons. The predicted molar refractivity (Wildman–Crippen MR) is 100 cm³/mol. The zero-order chi connectivity index (χ0) is 18.7. The molecule has 10 heteroatoms. The topological polar surface area (TPSA) is 141 Å². The van der Waals surface area contributed by atoms with E-state index < -0.39 is 11.0 Å². The summed E-state index contributed by atoms with van der Waals surface area (Å²) in [4.78, 5) is 13.7. The molecular formula is C16H24N4O5S. The van der Waals surface area contributed by atoms with Crippen LogP contribution in [0.5, 0.6) is 5.75 Å². The molecular weight excluding hydrogens is 360 g/mol. The molecule has 0 saturated carbocycles. The second-order valence-corrected chi connectivity index (χ2v) is 7.83. The first-order valence-electron chi connectivity index (χ1n) is 8.46. The number of piperidine rings is 1. The van der Waals surface area contributed by atoms with E-state index >= 15 is 0 Å². The summed E-state index contributed by atoms with van der Waals surface area (Å²) in [6, 6.07) is 5.15.